The summed E-state index contributed by atoms with van der Waals surface area (Å²) in [6.07, 6.45) is 1.20. The number of benzene rings is 1. The molecule has 0 amide bonds. The molecule has 0 saturated carbocycles. The van der Waals surface area contributed by atoms with E-state index in [-0.39, 0.29) is 12.7 Å². The van der Waals surface area contributed by atoms with Crippen LogP contribution in [0.3, 0.4) is 0 Å². The molecule has 3 rings (SSSR count). The molecule has 0 aliphatic carbocycles. The van der Waals surface area contributed by atoms with E-state index in [1.807, 2.05) is 11.3 Å². The number of hydrogen-bond acceptors (Lipinski definition) is 4. The van der Waals surface area contributed by atoms with Crippen molar-refractivity contribution < 1.29 is 9.84 Å². The van der Waals surface area contributed by atoms with Crippen LogP contribution in [-0.2, 0) is 11.3 Å². The van der Waals surface area contributed by atoms with Crippen LogP contribution in [0.25, 0.3) is 10.1 Å². The number of rotatable bonds is 5. The van der Waals surface area contributed by atoms with Gasteiger partial charge in [-0.3, -0.25) is 0 Å². The lowest BCUT2D eigenvalue weighted by molar-refractivity contribution is 0.100. The summed E-state index contributed by atoms with van der Waals surface area (Å²) in [5.74, 6) is 0.321. The van der Waals surface area contributed by atoms with Crippen molar-refractivity contribution in [2.45, 2.75) is 19.1 Å². The first-order valence-electron chi connectivity index (χ1n) is 6.86. The SMILES string of the molecule is OCC1COC(CNCc2cc3c(Br)cccc3s2)C1. The number of halogens is 1. The van der Waals surface area contributed by atoms with Crippen molar-refractivity contribution in [2.75, 3.05) is 19.8 Å². The average Bonchev–Trinajstić information content (AvgIpc) is 3.06. The lowest BCUT2D eigenvalue weighted by Gasteiger charge is -2.09. The van der Waals surface area contributed by atoms with E-state index in [9.17, 15) is 0 Å². The van der Waals surface area contributed by atoms with Gasteiger partial charge in [0.05, 0.1) is 12.7 Å². The standard InChI is InChI=1S/C15H18BrNO2S/c16-14-2-1-3-15-13(14)5-12(20-15)7-17-6-11-4-10(8-18)9-19-11/h1-3,5,10-11,17-18H,4,6-9H2. The third kappa shape index (κ3) is 3.23. The highest BCUT2D eigenvalue weighted by Crippen LogP contribution is 2.31. The first-order chi connectivity index (χ1) is 9.76. The van der Waals surface area contributed by atoms with E-state index >= 15 is 0 Å². The first kappa shape index (κ1) is 14.5. The molecule has 1 aliphatic heterocycles. The summed E-state index contributed by atoms with van der Waals surface area (Å²) in [5, 5.41) is 13.8. The molecule has 1 aromatic carbocycles. The van der Waals surface area contributed by atoms with Gasteiger partial charge in [-0.1, -0.05) is 22.0 Å². The predicted molar refractivity (Wildman–Crippen MR) is 86.2 cm³/mol. The zero-order valence-corrected chi connectivity index (χ0v) is 13.5. The van der Waals surface area contributed by atoms with Gasteiger partial charge >= 0.3 is 0 Å². The molecule has 0 bridgehead atoms. The Labute approximate surface area is 131 Å². The van der Waals surface area contributed by atoms with Crippen LogP contribution in [0.4, 0.5) is 0 Å². The smallest absolute Gasteiger partial charge is 0.0704 e. The summed E-state index contributed by atoms with van der Waals surface area (Å²) in [6.45, 7) is 2.65. The van der Waals surface area contributed by atoms with Crippen LogP contribution in [-0.4, -0.2) is 31.0 Å². The van der Waals surface area contributed by atoms with Crippen LogP contribution in [0.1, 0.15) is 11.3 Å². The maximum Gasteiger partial charge on any atom is 0.0704 e. The summed E-state index contributed by atoms with van der Waals surface area (Å²) in [4.78, 5) is 1.34. The van der Waals surface area contributed by atoms with Crippen molar-refractivity contribution in [2.24, 2.45) is 5.92 Å². The van der Waals surface area contributed by atoms with Crippen molar-refractivity contribution in [3.05, 3.63) is 33.6 Å². The summed E-state index contributed by atoms with van der Waals surface area (Å²) in [7, 11) is 0. The quantitative estimate of drug-likeness (QED) is 0.865. The van der Waals surface area contributed by atoms with Crippen molar-refractivity contribution in [3.63, 3.8) is 0 Å². The third-order valence-electron chi connectivity index (χ3n) is 3.65. The van der Waals surface area contributed by atoms with Crippen molar-refractivity contribution in [1.82, 2.24) is 5.32 Å². The second-order valence-electron chi connectivity index (χ2n) is 5.23. The molecule has 2 heterocycles. The highest BCUT2D eigenvalue weighted by atomic mass is 79.9. The topological polar surface area (TPSA) is 41.5 Å². The van der Waals surface area contributed by atoms with Gasteiger partial charge in [-0.15, -0.1) is 11.3 Å². The fraction of sp³-hybridized carbons (Fsp3) is 0.467. The van der Waals surface area contributed by atoms with E-state index in [4.69, 9.17) is 9.84 Å². The van der Waals surface area contributed by atoms with Crippen LogP contribution >= 0.6 is 27.3 Å². The lowest BCUT2D eigenvalue weighted by atomic mass is 10.1. The summed E-state index contributed by atoms with van der Waals surface area (Å²) >= 11 is 5.41. The summed E-state index contributed by atoms with van der Waals surface area (Å²) in [5.41, 5.74) is 0. The third-order valence-corrected chi connectivity index (χ3v) is 5.44. The zero-order valence-electron chi connectivity index (χ0n) is 11.1. The molecular formula is C15H18BrNO2S. The van der Waals surface area contributed by atoms with Crippen molar-refractivity contribution in [1.29, 1.82) is 0 Å². The average molecular weight is 356 g/mol. The van der Waals surface area contributed by atoms with Crippen LogP contribution in [0.15, 0.2) is 28.7 Å². The number of ether oxygens (including phenoxy) is 1. The number of thiophene rings is 1. The molecule has 1 aliphatic rings. The molecule has 1 fully saturated rings. The Hall–Kier alpha value is -0.460. The van der Waals surface area contributed by atoms with E-state index in [2.05, 4.69) is 45.5 Å². The van der Waals surface area contributed by atoms with E-state index in [0.717, 1.165) is 24.0 Å². The molecule has 108 valence electrons. The van der Waals surface area contributed by atoms with Gasteiger partial charge in [-0.2, -0.15) is 0 Å². The van der Waals surface area contributed by atoms with Crippen molar-refractivity contribution in [3.8, 4) is 0 Å². The Bertz CT molecular complexity index is 586. The van der Waals surface area contributed by atoms with Crippen LogP contribution in [0.5, 0.6) is 0 Å². The van der Waals surface area contributed by atoms with Gasteiger partial charge < -0.3 is 15.2 Å². The normalized spacial score (nSPS) is 22.7. The highest BCUT2D eigenvalue weighted by Gasteiger charge is 2.24. The van der Waals surface area contributed by atoms with Gasteiger partial charge in [0.1, 0.15) is 0 Å². The molecular weight excluding hydrogens is 338 g/mol. The van der Waals surface area contributed by atoms with E-state index in [1.165, 1.54) is 15.0 Å². The molecule has 2 atom stereocenters. The van der Waals surface area contributed by atoms with Gasteiger partial charge in [0.2, 0.25) is 0 Å². The molecule has 2 unspecified atom stereocenters. The summed E-state index contributed by atoms with van der Waals surface area (Å²) < 4.78 is 8.11. The lowest BCUT2D eigenvalue weighted by Crippen LogP contribution is -2.25. The molecule has 3 nitrogen and oxygen atoms in total. The van der Waals surface area contributed by atoms with E-state index in [1.54, 1.807) is 0 Å². The van der Waals surface area contributed by atoms with Gasteiger partial charge in [0, 0.05) is 45.1 Å². The van der Waals surface area contributed by atoms with Crippen LogP contribution < -0.4 is 5.32 Å². The molecule has 5 heteroatoms. The van der Waals surface area contributed by atoms with E-state index < -0.39 is 0 Å². The number of hydrogen-bond donors (Lipinski definition) is 2. The fourth-order valence-electron chi connectivity index (χ4n) is 2.57. The largest absolute Gasteiger partial charge is 0.396 e. The van der Waals surface area contributed by atoms with Gasteiger partial charge in [0.15, 0.2) is 0 Å². The Morgan fingerprint density at radius 2 is 2.35 bits per heavy atom. The number of nitrogens with one attached hydrogen (secondary N) is 1. The molecule has 0 radical (unpaired) electrons. The minimum absolute atomic E-state index is 0.237. The van der Waals surface area contributed by atoms with Crippen LogP contribution in [0.2, 0.25) is 0 Å². The molecule has 1 saturated heterocycles. The molecule has 0 spiro atoms. The number of aliphatic hydroxyl groups excluding tert-OH is 1. The van der Waals surface area contributed by atoms with E-state index in [0.29, 0.717) is 12.5 Å². The second kappa shape index (κ2) is 6.54. The van der Waals surface area contributed by atoms with Crippen LogP contribution in [0, 0.1) is 5.92 Å². The summed E-state index contributed by atoms with van der Waals surface area (Å²) in [6, 6.07) is 8.54. The van der Waals surface area contributed by atoms with Gasteiger partial charge in [-0.05, 0) is 24.6 Å². The Kier molecular flexibility index (Phi) is 4.73. The molecule has 2 aromatic rings. The zero-order chi connectivity index (χ0) is 13.9. The Balaban J connectivity index is 1.54. The second-order valence-corrected chi connectivity index (χ2v) is 7.26. The monoisotopic (exact) mass is 355 g/mol. The van der Waals surface area contributed by atoms with Gasteiger partial charge in [0.25, 0.3) is 0 Å². The minimum Gasteiger partial charge on any atom is -0.396 e. The maximum atomic E-state index is 9.09. The minimum atomic E-state index is 0.237. The number of aliphatic hydroxyl groups is 1. The molecule has 20 heavy (non-hydrogen) atoms. The van der Waals surface area contributed by atoms with Crippen molar-refractivity contribution >= 4 is 37.4 Å². The van der Waals surface area contributed by atoms with Gasteiger partial charge in [-0.25, -0.2) is 0 Å². The number of fused-ring (bicyclic) bond motifs is 1. The highest BCUT2D eigenvalue weighted by molar-refractivity contribution is 9.10. The first-order valence-corrected chi connectivity index (χ1v) is 8.47. The fourth-order valence-corrected chi connectivity index (χ4v) is 4.24. The maximum absolute atomic E-state index is 9.09. The Morgan fingerprint density at radius 1 is 1.45 bits per heavy atom. The molecule has 1 aromatic heterocycles. The predicted octanol–water partition coefficient (Wildman–Crippen LogP) is 3.15. The Morgan fingerprint density at radius 3 is 3.10 bits per heavy atom. The molecule has 2 N–H and O–H groups in total.